The molecule has 0 unspecified atom stereocenters. The van der Waals surface area contributed by atoms with Crippen molar-refractivity contribution in [1.82, 2.24) is 10.2 Å². The van der Waals surface area contributed by atoms with Crippen LogP contribution in [-0.2, 0) is 16.0 Å². The van der Waals surface area contributed by atoms with Gasteiger partial charge >= 0.3 is 0 Å². The lowest BCUT2D eigenvalue weighted by molar-refractivity contribution is -0.139. The van der Waals surface area contributed by atoms with Crippen molar-refractivity contribution in [2.24, 2.45) is 17.8 Å². The van der Waals surface area contributed by atoms with Gasteiger partial charge in [-0.2, -0.15) is 0 Å². The molecule has 136 valence electrons. The SMILES string of the molecule is O=C(NCC1CC1)[C@H]1CO[C@H]2CCN(CCc3ccccc3)C[C@H]2C1. The number of piperidine rings is 1. The van der Waals surface area contributed by atoms with E-state index in [4.69, 9.17) is 4.74 Å². The van der Waals surface area contributed by atoms with E-state index in [0.29, 0.717) is 18.6 Å². The Labute approximate surface area is 150 Å². The molecule has 0 bridgehead atoms. The number of rotatable bonds is 6. The maximum Gasteiger partial charge on any atom is 0.225 e. The highest BCUT2D eigenvalue weighted by molar-refractivity contribution is 5.78. The maximum atomic E-state index is 12.4. The molecular formula is C21H30N2O2. The first-order valence-corrected chi connectivity index (χ1v) is 9.93. The van der Waals surface area contributed by atoms with E-state index in [1.165, 1.54) is 18.4 Å². The van der Waals surface area contributed by atoms with Gasteiger partial charge in [0.15, 0.2) is 0 Å². The average Bonchev–Trinajstić information content (AvgIpc) is 3.49. The van der Waals surface area contributed by atoms with Crippen molar-refractivity contribution < 1.29 is 9.53 Å². The van der Waals surface area contributed by atoms with Crippen molar-refractivity contribution in [3.8, 4) is 0 Å². The van der Waals surface area contributed by atoms with E-state index in [9.17, 15) is 4.79 Å². The molecule has 4 rings (SSSR count). The van der Waals surface area contributed by atoms with Crippen molar-refractivity contribution in [3.63, 3.8) is 0 Å². The third kappa shape index (κ3) is 4.62. The summed E-state index contributed by atoms with van der Waals surface area (Å²) >= 11 is 0. The molecule has 3 fully saturated rings. The molecule has 4 heteroatoms. The molecule has 3 aliphatic rings. The summed E-state index contributed by atoms with van der Waals surface area (Å²) in [6.07, 6.45) is 6.12. The third-order valence-electron chi connectivity index (χ3n) is 6.04. The Bertz CT molecular complexity index is 573. The number of amides is 1. The summed E-state index contributed by atoms with van der Waals surface area (Å²) in [6.45, 7) is 4.77. The van der Waals surface area contributed by atoms with E-state index in [-0.39, 0.29) is 11.8 Å². The van der Waals surface area contributed by atoms with E-state index in [1.807, 2.05) is 0 Å². The number of benzene rings is 1. The van der Waals surface area contributed by atoms with E-state index in [0.717, 1.165) is 51.4 Å². The Morgan fingerprint density at radius 2 is 2.04 bits per heavy atom. The van der Waals surface area contributed by atoms with Gasteiger partial charge in [-0.1, -0.05) is 30.3 Å². The smallest absolute Gasteiger partial charge is 0.225 e. The highest BCUT2D eigenvalue weighted by atomic mass is 16.5. The predicted molar refractivity (Wildman–Crippen MR) is 98.3 cm³/mol. The minimum Gasteiger partial charge on any atom is -0.377 e. The topological polar surface area (TPSA) is 41.6 Å². The lowest BCUT2D eigenvalue weighted by Crippen LogP contribution is -2.50. The number of nitrogens with one attached hydrogen (secondary N) is 1. The number of hydrogen-bond donors (Lipinski definition) is 1. The second kappa shape index (κ2) is 7.88. The van der Waals surface area contributed by atoms with E-state index in [1.54, 1.807) is 0 Å². The number of hydrogen-bond acceptors (Lipinski definition) is 3. The molecule has 0 radical (unpaired) electrons. The van der Waals surface area contributed by atoms with Crippen molar-refractivity contribution in [3.05, 3.63) is 35.9 Å². The van der Waals surface area contributed by atoms with Gasteiger partial charge < -0.3 is 15.0 Å². The van der Waals surface area contributed by atoms with Crippen LogP contribution in [0.25, 0.3) is 0 Å². The first-order chi connectivity index (χ1) is 12.3. The van der Waals surface area contributed by atoms with Crippen LogP contribution in [0.4, 0.5) is 0 Å². The summed E-state index contributed by atoms with van der Waals surface area (Å²) in [5.74, 6) is 1.51. The van der Waals surface area contributed by atoms with Crippen LogP contribution in [-0.4, -0.2) is 49.7 Å². The number of ether oxygens (including phenoxy) is 1. The van der Waals surface area contributed by atoms with Crippen LogP contribution in [0.1, 0.15) is 31.2 Å². The zero-order valence-corrected chi connectivity index (χ0v) is 15.0. The van der Waals surface area contributed by atoms with Crippen LogP contribution >= 0.6 is 0 Å². The molecule has 0 aromatic heterocycles. The number of likely N-dealkylation sites (tertiary alicyclic amines) is 1. The monoisotopic (exact) mass is 342 g/mol. The first-order valence-electron chi connectivity index (χ1n) is 9.93. The third-order valence-corrected chi connectivity index (χ3v) is 6.04. The van der Waals surface area contributed by atoms with Gasteiger partial charge in [-0.05, 0) is 49.5 Å². The fourth-order valence-electron chi connectivity index (χ4n) is 4.23. The molecule has 2 saturated heterocycles. The van der Waals surface area contributed by atoms with Crippen molar-refractivity contribution in [2.75, 3.05) is 32.8 Å². The van der Waals surface area contributed by atoms with Crippen LogP contribution in [0.3, 0.4) is 0 Å². The highest BCUT2D eigenvalue weighted by Gasteiger charge is 2.38. The summed E-state index contributed by atoms with van der Waals surface area (Å²) in [7, 11) is 0. The molecule has 1 saturated carbocycles. The number of carbonyl (C=O) groups excluding carboxylic acids is 1. The average molecular weight is 342 g/mol. The quantitative estimate of drug-likeness (QED) is 0.864. The summed E-state index contributed by atoms with van der Waals surface area (Å²) in [5.41, 5.74) is 1.40. The largest absolute Gasteiger partial charge is 0.377 e. The van der Waals surface area contributed by atoms with Crippen LogP contribution in [0.2, 0.25) is 0 Å². The lowest BCUT2D eigenvalue weighted by atomic mass is 9.83. The molecule has 3 atom stereocenters. The zero-order chi connectivity index (χ0) is 17.1. The van der Waals surface area contributed by atoms with Gasteiger partial charge in [0.25, 0.3) is 0 Å². The summed E-state index contributed by atoms with van der Waals surface area (Å²) in [4.78, 5) is 14.9. The van der Waals surface area contributed by atoms with Gasteiger partial charge in [0.05, 0.1) is 18.6 Å². The van der Waals surface area contributed by atoms with Crippen LogP contribution < -0.4 is 5.32 Å². The minimum atomic E-state index is 0.0501. The Hall–Kier alpha value is -1.39. The second-order valence-electron chi connectivity index (χ2n) is 8.08. The molecule has 25 heavy (non-hydrogen) atoms. The molecule has 1 N–H and O–H groups in total. The van der Waals surface area contributed by atoms with Gasteiger partial charge in [0, 0.05) is 26.2 Å². The fourth-order valence-corrected chi connectivity index (χ4v) is 4.23. The van der Waals surface area contributed by atoms with Crippen LogP contribution in [0, 0.1) is 17.8 Å². The Morgan fingerprint density at radius 1 is 1.20 bits per heavy atom. The molecule has 2 aliphatic heterocycles. The number of nitrogens with zero attached hydrogens (tertiary/aromatic N) is 1. The van der Waals surface area contributed by atoms with E-state index >= 15 is 0 Å². The lowest BCUT2D eigenvalue weighted by Gasteiger charge is -2.43. The highest BCUT2D eigenvalue weighted by Crippen LogP contribution is 2.32. The first kappa shape index (κ1) is 17.0. The van der Waals surface area contributed by atoms with E-state index in [2.05, 4.69) is 40.5 Å². The van der Waals surface area contributed by atoms with Crippen molar-refractivity contribution in [1.29, 1.82) is 0 Å². The van der Waals surface area contributed by atoms with Gasteiger partial charge in [-0.3, -0.25) is 4.79 Å². The Kier molecular flexibility index (Phi) is 5.37. The molecule has 2 heterocycles. The molecule has 1 amide bonds. The van der Waals surface area contributed by atoms with Crippen LogP contribution in [0.5, 0.6) is 0 Å². The Balaban J connectivity index is 1.25. The van der Waals surface area contributed by atoms with Gasteiger partial charge in [0.2, 0.25) is 5.91 Å². The predicted octanol–water partition coefficient (Wildman–Crippen LogP) is 2.48. The zero-order valence-electron chi connectivity index (χ0n) is 15.0. The normalized spacial score (nSPS) is 29.8. The van der Waals surface area contributed by atoms with Gasteiger partial charge in [-0.15, -0.1) is 0 Å². The standard InChI is InChI=1S/C21H30N2O2/c24-21(22-13-17-6-7-17)19-12-18-14-23(11-9-20(18)25-15-19)10-8-16-4-2-1-3-5-16/h1-5,17-20H,6-15H2,(H,22,24)/t18-,19-,20+/m1/s1. The van der Waals surface area contributed by atoms with Gasteiger partial charge in [-0.25, -0.2) is 0 Å². The molecule has 1 aromatic rings. The van der Waals surface area contributed by atoms with Crippen molar-refractivity contribution >= 4 is 5.91 Å². The van der Waals surface area contributed by atoms with Crippen molar-refractivity contribution in [2.45, 2.75) is 38.2 Å². The molecule has 1 aromatic carbocycles. The fraction of sp³-hybridized carbons (Fsp3) is 0.667. The molecule has 0 spiro atoms. The van der Waals surface area contributed by atoms with Crippen LogP contribution in [0.15, 0.2) is 30.3 Å². The maximum absolute atomic E-state index is 12.4. The van der Waals surface area contributed by atoms with Gasteiger partial charge in [0.1, 0.15) is 0 Å². The summed E-state index contributed by atoms with van der Waals surface area (Å²) in [6, 6.07) is 10.7. The molecule has 1 aliphatic carbocycles. The summed E-state index contributed by atoms with van der Waals surface area (Å²) in [5, 5.41) is 3.14. The molecule has 4 nitrogen and oxygen atoms in total. The minimum absolute atomic E-state index is 0.0501. The summed E-state index contributed by atoms with van der Waals surface area (Å²) < 4.78 is 6.06. The number of fused-ring (bicyclic) bond motifs is 1. The molecular weight excluding hydrogens is 312 g/mol. The van der Waals surface area contributed by atoms with E-state index < -0.39 is 0 Å². The number of carbonyl (C=O) groups is 1. The Morgan fingerprint density at radius 3 is 2.84 bits per heavy atom. The second-order valence-corrected chi connectivity index (χ2v) is 8.08.